The molecule has 110 valence electrons. The maximum Gasteiger partial charge on any atom is 0.230 e. The molecule has 1 amide bonds. The van der Waals surface area contributed by atoms with Crippen LogP contribution in [0.5, 0.6) is 0 Å². The molecule has 1 saturated heterocycles. The lowest BCUT2D eigenvalue weighted by molar-refractivity contribution is -0.117. The summed E-state index contributed by atoms with van der Waals surface area (Å²) in [6, 6.07) is 3.99. The van der Waals surface area contributed by atoms with Gasteiger partial charge in [-0.15, -0.1) is 22.7 Å². The molecule has 8 heteroatoms. The van der Waals surface area contributed by atoms with E-state index in [-0.39, 0.29) is 16.3 Å². The van der Waals surface area contributed by atoms with Crippen molar-refractivity contribution in [2.24, 2.45) is 0 Å². The van der Waals surface area contributed by atoms with Gasteiger partial charge in [0.25, 0.3) is 0 Å². The van der Waals surface area contributed by atoms with E-state index in [0.717, 1.165) is 14.4 Å². The highest BCUT2D eigenvalue weighted by atomic mass is 79.9. The van der Waals surface area contributed by atoms with E-state index in [2.05, 4.69) is 20.9 Å². The summed E-state index contributed by atoms with van der Waals surface area (Å²) in [5.41, 5.74) is 0.890. The van der Waals surface area contributed by atoms with Crippen LogP contribution in [0, 0.1) is 0 Å². The second kappa shape index (κ2) is 6.20. The molecule has 0 radical (unpaired) electrons. The molecule has 3 rings (SSSR count). The Morgan fingerprint density at radius 1 is 1.52 bits per heavy atom. The molecule has 4 nitrogen and oxygen atoms in total. The molecule has 1 aliphatic rings. The minimum Gasteiger partial charge on any atom is -0.288 e. The van der Waals surface area contributed by atoms with E-state index in [1.54, 1.807) is 16.2 Å². The van der Waals surface area contributed by atoms with Crippen LogP contribution in [0.1, 0.15) is 13.3 Å². The predicted octanol–water partition coefficient (Wildman–Crippen LogP) is 4.02. The van der Waals surface area contributed by atoms with Gasteiger partial charge < -0.3 is 0 Å². The van der Waals surface area contributed by atoms with E-state index in [0.29, 0.717) is 18.1 Å². The molecule has 1 atom stereocenters. The highest BCUT2D eigenvalue weighted by molar-refractivity contribution is 9.11. The van der Waals surface area contributed by atoms with Crippen molar-refractivity contribution in [2.45, 2.75) is 18.6 Å². The molecule has 2 aromatic rings. The number of nitrogens with zero attached hydrogens (tertiary/aromatic N) is 2. The van der Waals surface area contributed by atoms with E-state index in [1.165, 1.54) is 30.0 Å². The zero-order valence-electron chi connectivity index (χ0n) is 11.0. The molecule has 0 bridgehead atoms. The average Bonchev–Trinajstić information content (AvgIpc) is 3.08. The number of carbonyl (C=O) groups excluding carboxylic acids is 2. The lowest BCUT2D eigenvalue weighted by Gasteiger charge is -2.11. The van der Waals surface area contributed by atoms with E-state index in [1.807, 2.05) is 17.5 Å². The van der Waals surface area contributed by atoms with Crippen molar-refractivity contribution >= 4 is 66.5 Å². The van der Waals surface area contributed by atoms with Crippen LogP contribution in [0.2, 0.25) is 0 Å². The van der Waals surface area contributed by atoms with Crippen molar-refractivity contribution in [3.63, 3.8) is 0 Å². The van der Waals surface area contributed by atoms with Gasteiger partial charge in [-0.05, 0) is 28.1 Å². The molecule has 0 aromatic carbocycles. The zero-order valence-corrected chi connectivity index (χ0v) is 15.1. The van der Waals surface area contributed by atoms with Gasteiger partial charge in [-0.25, -0.2) is 4.98 Å². The van der Waals surface area contributed by atoms with E-state index in [4.69, 9.17) is 0 Å². The average molecular weight is 403 g/mol. The fourth-order valence-corrected chi connectivity index (χ4v) is 5.32. The topological polar surface area (TPSA) is 50.3 Å². The van der Waals surface area contributed by atoms with Gasteiger partial charge in [-0.2, -0.15) is 0 Å². The molecule has 1 fully saturated rings. The van der Waals surface area contributed by atoms with Gasteiger partial charge in [0.2, 0.25) is 5.91 Å². The van der Waals surface area contributed by atoms with Gasteiger partial charge in [0.15, 0.2) is 10.2 Å². The first kappa shape index (κ1) is 15.2. The summed E-state index contributed by atoms with van der Waals surface area (Å²) in [6.45, 7) is 2.10. The molecule has 1 aliphatic heterocycles. The van der Waals surface area contributed by atoms with Gasteiger partial charge >= 0.3 is 0 Å². The normalized spacial score (nSPS) is 18.5. The fourth-order valence-electron chi connectivity index (χ4n) is 2.13. The SMILES string of the molecule is CC(=O)SC1CC(=O)N(c2nc(-c3ccc(Br)s3)cs2)C1. The summed E-state index contributed by atoms with van der Waals surface area (Å²) < 4.78 is 1.06. The maximum atomic E-state index is 12.1. The number of anilines is 1. The van der Waals surface area contributed by atoms with E-state index in [9.17, 15) is 9.59 Å². The van der Waals surface area contributed by atoms with Crippen LogP contribution in [-0.2, 0) is 9.59 Å². The van der Waals surface area contributed by atoms with Gasteiger partial charge in [0.05, 0.1) is 14.4 Å². The number of thiazole rings is 1. The minimum atomic E-state index is 0.0400. The van der Waals surface area contributed by atoms with Crippen molar-refractivity contribution in [3.05, 3.63) is 21.3 Å². The highest BCUT2D eigenvalue weighted by Gasteiger charge is 2.33. The Morgan fingerprint density at radius 3 is 3.00 bits per heavy atom. The molecule has 0 aliphatic carbocycles. The first-order valence-electron chi connectivity index (χ1n) is 6.22. The monoisotopic (exact) mass is 402 g/mol. The Balaban J connectivity index is 1.77. The second-order valence-corrected chi connectivity index (χ2v) is 9.34. The Morgan fingerprint density at radius 2 is 2.33 bits per heavy atom. The number of aromatic nitrogens is 1. The number of thioether (sulfide) groups is 1. The van der Waals surface area contributed by atoms with Crippen molar-refractivity contribution < 1.29 is 9.59 Å². The molecule has 1 unspecified atom stereocenters. The number of halogens is 1. The summed E-state index contributed by atoms with van der Waals surface area (Å²) in [6.07, 6.45) is 0.406. The highest BCUT2D eigenvalue weighted by Crippen LogP contribution is 2.36. The van der Waals surface area contributed by atoms with Crippen LogP contribution in [-0.4, -0.2) is 27.8 Å². The van der Waals surface area contributed by atoms with Crippen LogP contribution in [0.4, 0.5) is 5.13 Å². The second-order valence-electron chi connectivity index (χ2n) is 4.56. The quantitative estimate of drug-likeness (QED) is 0.777. The summed E-state index contributed by atoms with van der Waals surface area (Å²) in [5, 5.41) is 2.77. The Hall–Kier alpha value is -0.700. The molecule has 2 aromatic heterocycles. The molecular formula is C13H11BrN2O2S3. The lowest BCUT2D eigenvalue weighted by atomic mass is 10.4. The molecule has 0 saturated carbocycles. The largest absolute Gasteiger partial charge is 0.288 e. The zero-order chi connectivity index (χ0) is 15.0. The standard InChI is InChI=1S/C13H11BrN2O2S3/c1-7(17)20-8-4-12(18)16(5-8)13-15-9(6-19-13)10-2-3-11(14)21-10/h2-3,6,8H,4-5H2,1H3. The maximum absolute atomic E-state index is 12.1. The van der Waals surface area contributed by atoms with Crippen LogP contribution in [0.25, 0.3) is 10.6 Å². The fraction of sp³-hybridized carbons (Fsp3) is 0.308. The smallest absolute Gasteiger partial charge is 0.230 e. The summed E-state index contributed by atoms with van der Waals surface area (Å²) >= 11 is 7.76. The van der Waals surface area contributed by atoms with E-state index < -0.39 is 0 Å². The molecule has 3 heterocycles. The third-order valence-electron chi connectivity index (χ3n) is 2.97. The Kier molecular flexibility index (Phi) is 4.49. The van der Waals surface area contributed by atoms with Gasteiger partial charge in [-0.1, -0.05) is 11.8 Å². The number of hydrogen-bond donors (Lipinski definition) is 0. The first-order valence-corrected chi connectivity index (χ1v) is 9.58. The molecule has 0 spiro atoms. The summed E-state index contributed by atoms with van der Waals surface area (Å²) in [5.74, 6) is 0.0435. The van der Waals surface area contributed by atoms with Crippen LogP contribution in [0.3, 0.4) is 0 Å². The van der Waals surface area contributed by atoms with Gasteiger partial charge in [0.1, 0.15) is 0 Å². The molecule has 21 heavy (non-hydrogen) atoms. The van der Waals surface area contributed by atoms with Crippen LogP contribution < -0.4 is 4.90 Å². The van der Waals surface area contributed by atoms with Gasteiger partial charge in [-0.3, -0.25) is 14.5 Å². The number of rotatable bonds is 3. The van der Waals surface area contributed by atoms with Crippen LogP contribution in [0.15, 0.2) is 21.3 Å². The first-order chi connectivity index (χ1) is 10.0. The lowest BCUT2D eigenvalue weighted by Crippen LogP contribution is -2.24. The van der Waals surface area contributed by atoms with E-state index >= 15 is 0 Å². The van der Waals surface area contributed by atoms with Crippen molar-refractivity contribution in [1.82, 2.24) is 4.98 Å². The van der Waals surface area contributed by atoms with Crippen LogP contribution >= 0.6 is 50.4 Å². The van der Waals surface area contributed by atoms with Crippen molar-refractivity contribution in [3.8, 4) is 10.6 Å². The summed E-state index contributed by atoms with van der Waals surface area (Å²) in [4.78, 5) is 30.6. The predicted molar refractivity (Wildman–Crippen MR) is 92.2 cm³/mol. The number of thiophene rings is 1. The number of amides is 1. The number of hydrogen-bond acceptors (Lipinski definition) is 6. The molecule has 0 N–H and O–H groups in total. The number of carbonyl (C=O) groups is 2. The third-order valence-corrected chi connectivity index (χ3v) is 6.46. The van der Waals surface area contributed by atoms with Crippen molar-refractivity contribution in [1.29, 1.82) is 0 Å². The third kappa shape index (κ3) is 3.39. The molecular weight excluding hydrogens is 392 g/mol. The van der Waals surface area contributed by atoms with Crippen molar-refractivity contribution in [2.75, 3.05) is 11.4 Å². The minimum absolute atomic E-state index is 0.0400. The van der Waals surface area contributed by atoms with Gasteiger partial charge in [0, 0.05) is 30.5 Å². The Bertz CT molecular complexity index is 697. The summed E-state index contributed by atoms with van der Waals surface area (Å²) in [7, 11) is 0. The Labute approximate surface area is 142 Å².